The van der Waals surface area contributed by atoms with Gasteiger partial charge in [0, 0.05) is 29.4 Å². The van der Waals surface area contributed by atoms with Crippen LogP contribution in [0.4, 0.5) is 11.4 Å². The lowest BCUT2D eigenvalue weighted by molar-refractivity contribution is -0.115. The Kier molecular flexibility index (Phi) is 7.31. The standard InChI is InChI=1S/C20H25N3O4S/c1-4-14(3)23-28(26,27)18-11-9-16(10-12-18)22-20(25)15-7-6-8-17(13-15)21-19(24)5-2/h6-14,23H,4-5H2,1-3H3,(H,21,24)(H,22,25). The smallest absolute Gasteiger partial charge is 0.255 e. The van der Waals surface area contributed by atoms with Gasteiger partial charge in [-0.15, -0.1) is 0 Å². The van der Waals surface area contributed by atoms with Crippen LogP contribution in [0.5, 0.6) is 0 Å². The van der Waals surface area contributed by atoms with Gasteiger partial charge in [-0.05, 0) is 55.8 Å². The third kappa shape index (κ3) is 5.90. The van der Waals surface area contributed by atoms with Crippen molar-refractivity contribution in [2.75, 3.05) is 10.6 Å². The highest BCUT2D eigenvalue weighted by atomic mass is 32.2. The molecule has 0 fully saturated rings. The van der Waals surface area contributed by atoms with Gasteiger partial charge in [-0.3, -0.25) is 9.59 Å². The maximum absolute atomic E-state index is 12.4. The largest absolute Gasteiger partial charge is 0.326 e. The number of nitrogens with one attached hydrogen (secondary N) is 3. The summed E-state index contributed by atoms with van der Waals surface area (Å²) in [6, 6.07) is 12.4. The molecule has 0 radical (unpaired) electrons. The summed E-state index contributed by atoms with van der Waals surface area (Å²) in [5.41, 5.74) is 1.39. The number of hydrogen-bond acceptors (Lipinski definition) is 4. The van der Waals surface area contributed by atoms with Crippen LogP contribution in [-0.2, 0) is 14.8 Å². The summed E-state index contributed by atoms with van der Waals surface area (Å²) in [5.74, 6) is -0.499. The van der Waals surface area contributed by atoms with Crippen molar-refractivity contribution in [3.63, 3.8) is 0 Å². The minimum Gasteiger partial charge on any atom is -0.326 e. The number of sulfonamides is 1. The van der Waals surface area contributed by atoms with Crippen LogP contribution in [0.1, 0.15) is 44.0 Å². The summed E-state index contributed by atoms with van der Waals surface area (Å²) in [6.07, 6.45) is 1.03. The Bertz CT molecular complexity index is 940. The van der Waals surface area contributed by atoms with Gasteiger partial charge in [-0.25, -0.2) is 13.1 Å². The fourth-order valence-electron chi connectivity index (χ4n) is 2.32. The van der Waals surface area contributed by atoms with E-state index < -0.39 is 10.0 Å². The molecule has 3 N–H and O–H groups in total. The number of carbonyl (C=O) groups excluding carboxylic acids is 2. The SMILES string of the molecule is CCC(=O)Nc1cccc(C(=O)Nc2ccc(S(=O)(=O)NC(C)CC)cc2)c1. The number of amides is 2. The molecule has 28 heavy (non-hydrogen) atoms. The molecule has 0 spiro atoms. The first-order valence-corrected chi connectivity index (χ1v) is 10.6. The minimum atomic E-state index is -3.59. The van der Waals surface area contributed by atoms with Crippen LogP contribution in [0.15, 0.2) is 53.4 Å². The van der Waals surface area contributed by atoms with Gasteiger partial charge in [0.05, 0.1) is 4.90 Å². The van der Waals surface area contributed by atoms with E-state index in [1.807, 2.05) is 6.92 Å². The maximum Gasteiger partial charge on any atom is 0.255 e. The molecule has 0 aromatic heterocycles. The number of benzene rings is 2. The lowest BCUT2D eigenvalue weighted by Gasteiger charge is -2.12. The van der Waals surface area contributed by atoms with Crippen molar-refractivity contribution in [1.29, 1.82) is 0 Å². The van der Waals surface area contributed by atoms with E-state index in [1.54, 1.807) is 38.1 Å². The monoisotopic (exact) mass is 403 g/mol. The first-order valence-electron chi connectivity index (χ1n) is 9.08. The topological polar surface area (TPSA) is 104 Å². The van der Waals surface area contributed by atoms with Crippen molar-refractivity contribution >= 4 is 33.2 Å². The number of anilines is 2. The minimum absolute atomic E-state index is 0.134. The summed E-state index contributed by atoms with van der Waals surface area (Å²) in [7, 11) is -3.59. The van der Waals surface area contributed by atoms with Gasteiger partial charge < -0.3 is 10.6 Å². The van der Waals surface area contributed by atoms with Crippen LogP contribution in [0.2, 0.25) is 0 Å². The summed E-state index contributed by atoms with van der Waals surface area (Å²) in [4.78, 5) is 24.1. The second-order valence-electron chi connectivity index (χ2n) is 6.39. The molecule has 0 bridgehead atoms. The Morgan fingerprint density at radius 2 is 1.64 bits per heavy atom. The molecule has 8 heteroatoms. The highest BCUT2D eigenvalue weighted by molar-refractivity contribution is 7.89. The molecule has 1 atom stereocenters. The van der Waals surface area contributed by atoms with Gasteiger partial charge in [0.1, 0.15) is 0 Å². The van der Waals surface area contributed by atoms with Gasteiger partial charge in [-0.1, -0.05) is 19.9 Å². The van der Waals surface area contributed by atoms with Crippen LogP contribution in [-0.4, -0.2) is 26.3 Å². The molecule has 150 valence electrons. The molecule has 0 aliphatic heterocycles. The number of rotatable bonds is 8. The van der Waals surface area contributed by atoms with E-state index in [-0.39, 0.29) is 22.8 Å². The van der Waals surface area contributed by atoms with E-state index in [0.717, 1.165) is 0 Å². The fraction of sp³-hybridized carbons (Fsp3) is 0.300. The van der Waals surface area contributed by atoms with E-state index in [0.29, 0.717) is 29.8 Å². The number of hydrogen-bond donors (Lipinski definition) is 3. The molecule has 0 heterocycles. The maximum atomic E-state index is 12.4. The Morgan fingerprint density at radius 3 is 2.25 bits per heavy atom. The molecule has 2 aromatic carbocycles. The highest BCUT2D eigenvalue weighted by Crippen LogP contribution is 2.17. The summed E-state index contributed by atoms with van der Waals surface area (Å²) >= 11 is 0. The second kappa shape index (κ2) is 9.48. The van der Waals surface area contributed by atoms with Gasteiger partial charge in [0.2, 0.25) is 15.9 Å². The molecule has 0 aliphatic carbocycles. The van der Waals surface area contributed by atoms with E-state index in [2.05, 4.69) is 15.4 Å². The molecule has 0 saturated carbocycles. The molecule has 2 amide bonds. The predicted molar refractivity (Wildman–Crippen MR) is 110 cm³/mol. The normalized spacial score (nSPS) is 12.2. The van der Waals surface area contributed by atoms with Gasteiger partial charge >= 0.3 is 0 Å². The Morgan fingerprint density at radius 1 is 0.964 bits per heavy atom. The Hall–Kier alpha value is -2.71. The predicted octanol–water partition coefficient (Wildman–Crippen LogP) is 3.36. The Labute approximate surface area is 165 Å². The van der Waals surface area contributed by atoms with Crippen molar-refractivity contribution in [1.82, 2.24) is 4.72 Å². The van der Waals surface area contributed by atoms with Crippen molar-refractivity contribution in [3.8, 4) is 0 Å². The van der Waals surface area contributed by atoms with E-state index in [4.69, 9.17) is 0 Å². The highest BCUT2D eigenvalue weighted by Gasteiger charge is 2.16. The summed E-state index contributed by atoms with van der Waals surface area (Å²) in [5, 5.41) is 5.42. The molecule has 0 aliphatic rings. The summed E-state index contributed by atoms with van der Waals surface area (Å²) < 4.78 is 27.1. The first kappa shape index (κ1) is 21.6. The van der Waals surface area contributed by atoms with E-state index in [9.17, 15) is 18.0 Å². The quantitative estimate of drug-likeness (QED) is 0.628. The second-order valence-corrected chi connectivity index (χ2v) is 8.11. The molecule has 7 nitrogen and oxygen atoms in total. The molecule has 2 rings (SSSR count). The van der Waals surface area contributed by atoms with Gasteiger partial charge in [0.15, 0.2) is 0 Å². The van der Waals surface area contributed by atoms with Gasteiger partial charge in [0.25, 0.3) is 5.91 Å². The zero-order valence-electron chi connectivity index (χ0n) is 16.2. The van der Waals surface area contributed by atoms with Crippen molar-refractivity contribution < 1.29 is 18.0 Å². The fourth-order valence-corrected chi connectivity index (χ4v) is 3.65. The molecular weight excluding hydrogens is 378 g/mol. The average Bonchev–Trinajstić information content (AvgIpc) is 2.68. The van der Waals surface area contributed by atoms with Crippen LogP contribution in [0, 0.1) is 0 Å². The molecule has 1 unspecified atom stereocenters. The van der Waals surface area contributed by atoms with Crippen molar-refractivity contribution in [3.05, 3.63) is 54.1 Å². The zero-order valence-corrected chi connectivity index (χ0v) is 17.0. The lowest BCUT2D eigenvalue weighted by Crippen LogP contribution is -2.31. The third-order valence-electron chi connectivity index (χ3n) is 4.12. The van der Waals surface area contributed by atoms with E-state index in [1.165, 1.54) is 24.3 Å². The van der Waals surface area contributed by atoms with E-state index >= 15 is 0 Å². The first-order chi connectivity index (χ1) is 13.2. The van der Waals surface area contributed by atoms with Crippen LogP contribution < -0.4 is 15.4 Å². The third-order valence-corrected chi connectivity index (χ3v) is 5.73. The van der Waals surface area contributed by atoms with Crippen LogP contribution in [0.3, 0.4) is 0 Å². The number of carbonyl (C=O) groups is 2. The molecule has 0 saturated heterocycles. The molecule has 2 aromatic rings. The van der Waals surface area contributed by atoms with Crippen molar-refractivity contribution in [2.24, 2.45) is 0 Å². The van der Waals surface area contributed by atoms with Gasteiger partial charge in [-0.2, -0.15) is 0 Å². The lowest BCUT2D eigenvalue weighted by atomic mass is 10.1. The van der Waals surface area contributed by atoms with Crippen molar-refractivity contribution in [2.45, 2.75) is 44.6 Å². The van der Waals surface area contributed by atoms with Crippen LogP contribution >= 0.6 is 0 Å². The molecular formula is C20H25N3O4S. The zero-order chi connectivity index (χ0) is 20.7. The Balaban J connectivity index is 2.09. The average molecular weight is 404 g/mol. The van der Waals surface area contributed by atoms with Crippen LogP contribution in [0.25, 0.3) is 0 Å². The summed E-state index contributed by atoms with van der Waals surface area (Å²) in [6.45, 7) is 5.44.